The second-order valence-corrected chi connectivity index (χ2v) is 17.9. The van der Waals surface area contributed by atoms with Crippen molar-refractivity contribution in [1.29, 1.82) is 0 Å². The van der Waals surface area contributed by atoms with Gasteiger partial charge in [-0.2, -0.15) is 0 Å². The predicted octanol–water partition coefficient (Wildman–Crippen LogP) is 11.9. The van der Waals surface area contributed by atoms with Gasteiger partial charge in [0, 0.05) is 88.8 Å². The molecule has 13 rings (SSSR count). The van der Waals surface area contributed by atoms with Crippen LogP contribution in [-0.2, 0) is 0 Å². The molecular formula is C60H38N12O4. The molecule has 0 radical (unpaired) electrons. The molecular weight excluding hydrogens is 953 g/mol. The molecule has 0 aliphatic carbocycles. The number of rotatable bonds is 8. The fourth-order valence-corrected chi connectivity index (χ4v) is 9.26. The number of H-pyrrole nitrogens is 2. The number of para-hydroxylation sites is 4. The number of carbonyl (C=O) groups is 4. The van der Waals surface area contributed by atoms with Crippen molar-refractivity contribution in [2.75, 3.05) is 21.3 Å². The summed E-state index contributed by atoms with van der Waals surface area (Å²) < 4.78 is 0. The van der Waals surface area contributed by atoms with Crippen LogP contribution in [0.15, 0.2) is 194 Å². The highest BCUT2D eigenvalue weighted by molar-refractivity contribution is 6.14. The Morgan fingerprint density at radius 2 is 0.553 bits per heavy atom. The Morgan fingerprint density at radius 1 is 0.276 bits per heavy atom. The lowest BCUT2D eigenvalue weighted by Crippen LogP contribution is -2.11. The van der Waals surface area contributed by atoms with E-state index in [-0.39, 0.29) is 46.9 Å². The Labute approximate surface area is 431 Å². The highest BCUT2D eigenvalue weighted by Crippen LogP contribution is 2.38. The lowest BCUT2D eigenvalue weighted by Gasteiger charge is -2.07. The maximum atomic E-state index is 13.9. The molecule has 0 saturated heterocycles. The summed E-state index contributed by atoms with van der Waals surface area (Å²) in [5, 5.41) is 14.2. The van der Waals surface area contributed by atoms with Gasteiger partial charge in [-0.15, -0.1) is 0 Å². The van der Waals surface area contributed by atoms with Crippen LogP contribution in [0.5, 0.6) is 0 Å². The monoisotopic (exact) mass is 990 g/mol. The van der Waals surface area contributed by atoms with Gasteiger partial charge in [-0.1, -0.05) is 72.8 Å². The van der Waals surface area contributed by atoms with Gasteiger partial charge in [-0.3, -0.25) is 19.2 Å². The smallest absolute Gasteiger partial charge is 0.255 e. The summed E-state index contributed by atoms with van der Waals surface area (Å²) in [5.74, 6) is -0.380. The number of fused-ring (bicyclic) bond motifs is 20. The summed E-state index contributed by atoms with van der Waals surface area (Å²) in [6, 6.07) is 57.5. The van der Waals surface area contributed by atoms with Crippen LogP contribution in [0.25, 0.3) is 89.7 Å². The number of amides is 4. The number of benzene rings is 8. The van der Waals surface area contributed by atoms with E-state index in [1.54, 1.807) is 109 Å². The molecule has 11 aromatic rings. The zero-order valence-electron chi connectivity index (χ0n) is 39.8. The molecule has 0 fully saturated rings. The van der Waals surface area contributed by atoms with Crippen LogP contribution in [0, 0.1) is 0 Å². The van der Waals surface area contributed by atoms with Gasteiger partial charge in [0.25, 0.3) is 23.6 Å². The van der Waals surface area contributed by atoms with E-state index in [0.717, 1.165) is 0 Å². The van der Waals surface area contributed by atoms with E-state index in [4.69, 9.17) is 29.9 Å². The van der Waals surface area contributed by atoms with E-state index in [9.17, 15) is 19.2 Å². The van der Waals surface area contributed by atoms with Crippen molar-refractivity contribution in [3.63, 3.8) is 0 Å². The molecule has 5 heterocycles. The Morgan fingerprint density at radius 3 is 0.882 bits per heavy atom. The predicted molar refractivity (Wildman–Crippen MR) is 294 cm³/mol. The molecule has 362 valence electrons. The topological polar surface area (TPSA) is 225 Å². The molecule has 76 heavy (non-hydrogen) atoms. The summed E-state index contributed by atoms with van der Waals surface area (Å²) in [5.41, 5.74) is 7.44. The third-order valence-electron chi connectivity index (χ3n) is 13.0. The van der Waals surface area contributed by atoms with E-state index in [1.807, 2.05) is 84.9 Å². The number of hydrogen-bond donors (Lipinski definition) is 6. The Hall–Kier alpha value is -11.0. The van der Waals surface area contributed by atoms with Crippen LogP contribution in [0.1, 0.15) is 41.4 Å². The summed E-state index contributed by atoms with van der Waals surface area (Å²) in [6.07, 6.45) is 0. The van der Waals surface area contributed by atoms with Gasteiger partial charge in [0.2, 0.25) is 0 Å². The minimum Gasteiger partial charge on any atom is -0.324 e. The van der Waals surface area contributed by atoms with Crippen molar-refractivity contribution in [2.45, 2.75) is 0 Å². The van der Waals surface area contributed by atoms with Crippen molar-refractivity contribution in [3.8, 4) is 45.6 Å². The first kappa shape index (κ1) is 44.9. The van der Waals surface area contributed by atoms with Crippen molar-refractivity contribution in [2.24, 2.45) is 0 Å². The molecule has 8 aromatic carbocycles. The molecule has 2 aliphatic rings. The zero-order chi connectivity index (χ0) is 51.3. The molecule has 4 amide bonds. The van der Waals surface area contributed by atoms with Gasteiger partial charge >= 0.3 is 0 Å². The molecule has 0 spiro atoms. The first-order chi connectivity index (χ1) is 37.2. The summed E-state index contributed by atoms with van der Waals surface area (Å²) in [7, 11) is 0. The maximum Gasteiger partial charge on any atom is 0.255 e. The number of carbonyl (C=O) groups excluding carboxylic acids is 4. The highest BCUT2D eigenvalue weighted by atomic mass is 16.2. The molecule has 16 nitrogen and oxygen atoms in total. The largest absolute Gasteiger partial charge is 0.324 e. The molecule has 0 saturated carbocycles. The number of hydrogen-bond acceptors (Lipinski definition) is 10. The second kappa shape index (κ2) is 18.6. The highest BCUT2D eigenvalue weighted by Gasteiger charge is 2.26. The number of nitrogens with zero attached hydrogens (tertiary/aromatic N) is 6. The fraction of sp³-hybridized carbons (Fsp3) is 0. The van der Waals surface area contributed by atoms with Gasteiger partial charge in [0.15, 0.2) is 23.3 Å². The third-order valence-corrected chi connectivity index (χ3v) is 13.0. The van der Waals surface area contributed by atoms with Crippen molar-refractivity contribution < 1.29 is 19.2 Å². The number of nitrogens with one attached hydrogen (secondary N) is 6. The molecule has 0 unspecified atom stereocenters. The second-order valence-electron chi connectivity index (χ2n) is 17.9. The molecule has 16 heteroatoms. The van der Waals surface area contributed by atoms with E-state index in [2.05, 4.69) is 31.2 Å². The standard InChI is InChI=1S/C60H38N12O4/c73-57(61-37-13-5-1-6-14-37)33-21-25-41-45(29-33)53-66-49(41)65-50-42-26-22-34(58(74)62-38-15-7-2-8-16-38)30-46(42)54(67-50)69-52-44-28-24-36(60(76)64-40-19-11-4-12-20-40)32-48(44)56(71-52)72-55-47-31-35(23-27-43(47)51(68-53)70-55)59(75)63-39-17-9-3-10-18-39/h1-32H,(H,61,73)(H,62,74)(H,63,75)(H,64,76)(H2,65,66,67,68,69,70,71,72). The molecule has 8 bridgehead atoms. The van der Waals surface area contributed by atoms with Crippen LogP contribution in [0.2, 0.25) is 0 Å². The molecule has 3 aromatic heterocycles. The lowest BCUT2D eigenvalue weighted by molar-refractivity contribution is 0.101. The van der Waals surface area contributed by atoms with Crippen molar-refractivity contribution in [1.82, 2.24) is 39.9 Å². The van der Waals surface area contributed by atoms with Gasteiger partial charge in [-0.25, -0.2) is 29.9 Å². The van der Waals surface area contributed by atoms with Crippen LogP contribution in [-0.4, -0.2) is 63.5 Å². The van der Waals surface area contributed by atoms with E-state index in [1.165, 1.54) is 0 Å². The quantitative estimate of drug-likeness (QED) is 0.0844. The zero-order valence-corrected chi connectivity index (χ0v) is 39.8. The van der Waals surface area contributed by atoms with E-state index >= 15 is 0 Å². The molecule has 2 aliphatic heterocycles. The Kier molecular flexibility index (Phi) is 11.0. The minimum absolute atomic E-state index is 0.209. The van der Waals surface area contributed by atoms with Gasteiger partial charge in [-0.05, 0) is 121 Å². The normalized spacial score (nSPS) is 11.4. The van der Waals surface area contributed by atoms with Crippen LogP contribution in [0.4, 0.5) is 22.7 Å². The fourth-order valence-electron chi connectivity index (χ4n) is 9.26. The number of aromatic amines is 2. The SMILES string of the molecule is O=C(Nc1ccccc1)c1ccc2c(c1)-c1nc-2nc2[nH]c(nc3nc(nc4[nH]c(n1)c1ccc(C(=O)Nc5ccccc5)cc41)-c1cc(C(=O)Nc4ccccc4)ccc1-3)c1cc(C(=O)Nc3ccccc3)ccc21. The summed E-state index contributed by atoms with van der Waals surface area (Å²) >= 11 is 0. The van der Waals surface area contributed by atoms with Crippen molar-refractivity contribution >= 4 is 90.5 Å². The summed E-state index contributed by atoms with van der Waals surface area (Å²) in [6.45, 7) is 0. The average Bonchev–Trinajstić information content (AvgIpc) is 4.20. The number of aromatic nitrogens is 8. The Balaban J connectivity index is 1.06. The first-order valence-electron chi connectivity index (χ1n) is 24.1. The average molecular weight is 991 g/mol. The minimum atomic E-state index is -0.352. The van der Waals surface area contributed by atoms with Gasteiger partial charge < -0.3 is 31.2 Å². The first-order valence-corrected chi connectivity index (χ1v) is 24.1. The third kappa shape index (κ3) is 8.48. The van der Waals surface area contributed by atoms with E-state index < -0.39 is 0 Å². The van der Waals surface area contributed by atoms with Gasteiger partial charge in [0.1, 0.15) is 22.6 Å². The summed E-state index contributed by atoms with van der Waals surface area (Å²) in [4.78, 5) is 92.9. The maximum absolute atomic E-state index is 13.9. The Bertz CT molecular complexity index is 4370. The van der Waals surface area contributed by atoms with Gasteiger partial charge in [0.05, 0.1) is 0 Å². The van der Waals surface area contributed by atoms with Crippen LogP contribution in [0.3, 0.4) is 0 Å². The molecule has 6 N–H and O–H groups in total. The van der Waals surface area contributed by atoms with Crippen LogP contribution >= 0.6 is 0 Å². The van der Waals surface area contributed by atoms with E-state index in [0.29, 0.717) is 111 Å². The lowest BCUT2D eigenvalue weighted by atomic mass is 10.0. The van der Waals surface area contributed by atoms with Crippen LogP contribution < -0.4 is 21.3 Å². The van der Waals surface area contributed by atoms with Crippen molar-refractivity contribution in [3.05, 3.63) is 216 Å². The molecule has 0 atom stereocenters. The number of anilines is 4.